The first-order valence-electron chi connectivity index (χ1n) is 7.79. The zero-order valence-electron chi connectivity index (χ0n) is 13.1. The van der Waals surface area contributed by atoms with Crippen molar-refractivity contribution in [3.8, 4) is 22.5 Å². The van der Waals surface area contributed by atoms with Gasteiger partial charge in [-0.05, 0) is 48.2 Å². The number of furan rings is 1. The van der Waals surface area contributed by atoms with Crippen LogP contribution in [-0.4, -0.2) is 27.0 Å². The number of aromatic nitrogens is 1. The van der Waals surface area contributed by atoms with Gasteiger partial charge >= 0.3 is 5.97 Å². The maximum Gasteiger partial charge on any atom is 0.371 e. The normalized spacial score (nSPS) is 14.6. The Morgan fingerprint density at radius 1 is 1.04 bits per heavy atom. The lowest BCUT2D eigenvalue weighted by atomic mass is 9.99. The zero-order chi connectivity index (χ0) is 17.4. The number of nitrogens with zero attached hydrogens (tertiary/aromatic N) is 2. The molecule has 0 bridgehead atoms. The fourth-order valence-electron chi connectivity index (χ4n) is 3.17. The van der Waals surface area contributed by atoms with Crippen LogP contribution >= 0.6 is 0 Å². The van der Waals surface area contributed by atoms with Crippen molar-refractivity contribution in [3.63, 3.8) is 0 Å². The van der Waals surface area contributed by atoms with Gasteiger partial charge in [0.1, 0.15) is 5.76 Å². The Hall–Kier alpha value is -3.41. The average Bonchev–Trinajstić information content (AvgIpc) is 3.26. The van der Waals surface area contributed by atoms with Crippen LogP contribution in [0.25, 0.3) is 22.5 Å². The number of aryl methyl sites for hydroxylation is 1. The standard InChI is InChI=1S/C19H14N2O4/c22-19(23)17-10-15(11-5-7-20-8-6-11)18(25-17)13-1-3-14-12(9-13)2-4-16(14)21-24/h1,3,5-10,24H,2,4H2,(H,22,23)/b21-16-. The summed E-state index contributed by atoms with van der Waals surface area (Å²) in [6, 6.07) is 10.8. The second-order valence-corrected chi connectivity index (χ2v) is 5.81. The van der Waals surface area contributed by atoms with E-state index >= 15 is 0 Å². The van der Waals surface area contributed by atoms with Gasteiger partial charge < -0.3 is 14.7 Å². The van der Waals surface area contributed by atoms with Crippen molar-refractivity contribution >= 4 is 11.7 Å². The van der Waals surface area contributed by atoms with Crippen LogP contribution in [0.3, 0.4) is 0 Å². The number of hydrogen-bond acceptors (Lipinski definition) is 5. The van der Waals surface area contributed by atoms with Crippen LogP contribution in [0.2, 0.25) is 0 Å². The smallest absolute Gasteiger partial charge is 0.371 e. The Morgan fingerprint density at radius 2 is 1.84 bits per heavy atom. The SMILES string of the molecule is O=C(O)c1cc(-c2ccncc2)c(-c2ccc3c(c2)CC/C3=N/O)o1. The molecule has 1 aromatic carbocycles. The second kappa shape index (κ2) is 5.90. The van der Waals surface area contributed by atoms with E-state index in [1.165, 1.54) is 6.07 Å². The summed E-state index contributed by atoms with van der Waals surface area (Å²) in [6.07, 6.45) is 4.77. The summed E-state index contributed by atoms with van der Waals surface area (Å²) in [5.41, 5.74) is 4.97. The predicted molar refractivity (Wildman–Crippen MR) is 91.0 cm³/mol. The maximum atomic E-state index is 11.3. The molecule has 3 aromatic rings. The molecule has 0 saturated carbocycles. The predicted octanol–water partition coefficient (Wildman–Crippen LogP) is 3.83. The van der Waals surface area contributed by atoms with Crippen LogP contribution in [0.1, 0.15) is 28.1 Å². The molecule has 0 unspecified atom stereocenters. The van der Waals surface area contributed by atoms with E-state index in [1.807, 2.05) is 30.3 Å². The van der Waals surface area contributed by atoms with Crippen LogP contribution < -0.4 is 0 Å². The Morgan fingerprint density at radius 3 is 2.56 bits per heavy atom. The molecule has 25 heavy (non-hydrogen) atoms. The van der Waals surface area contributed by atoms with Crippen molar-refractivity contribution in [1.29, 1.82) is 0 Å². The highest BCUT2D eigenvalue weighted by Crippen LogP contribution is 2.37. The molecule has 0 amide bonds. The molecule has 0 fully saturated rings. The molecule has 1 aliphatic carbocycles. The molecule has 0 spiro atoms. The number of carboxylic acid groups (broad SMARTS) is 1. The Kier molecular flexibility index (Phi) is 3.57. The van der Waals surface area contributed by atoms with E-state index in [-0.39, 0.29) is 5.76 Å². The topological polar surface area (TPSA) is 95.9 Å². The van der Waals surface area contributed by atoms with Gasteiger partial charge in [-0.15, -0.1) is 0 Å². The van der Waals surface area contributed by atoms with Gasteiger partial charge in [-0.2, -0.15) is 0 Å². The summed E-state index contributed by atoms with van der Waals surface area (Å²) < 4.78 is 5.63. The van der Waals surface area contributed by atoms with E-state index < -0.39 is 5.97 Å². The number of oxime groups is 1. The van der Waals surface area contributed by atoms with E-state index in [2.05, 4.69) is 10.1 Å². The average molecular weight is 334 g/mol. The van der Waals surface area contributed by atoms with E-state index in [0.717, 1.165) is 28.7 Å². The lowest BCUT2D eigenvalue weighted by Crippen LogP contribution is -1.94. The van der Waals surface area contributed by atoms with Gasteiger partial charge in [0.05, 0.1) is 5.71 Å². The van der Waals surface area contributed by atoms with Gasteiger partial charge in [-0.3, -0.25) is 4.98 Å². The lowest BCUT2D eigenvalue weighted by molar-refractivity contribution is 0.0663. The molecule has 6 heteroatoms. The van der Waals surface area contributed by atoms with Crippen LogP contribution in [0.5, 0.6) is 0 Å². The number of fused-ring (bicyclic) bond motifs is 1. The third-order valence-corrected chi connectivity index (χ3v) is 4.36. The molecular formula is C19H14N2O4. The monoisotopic (exact) mass is 334 g/mol. The van der Waals surface area contributed by atoms with Gasteiger partial charge in [0, 0.05) is 29.1 Å². The van der Waals surface area contributed by atoms with Crippen molar-refractivity contribution < 1.29 is 19.5 Å². The molecule has 6 nitrogen and oxygen atoms in total. The summed E-state index contributed by atoms with van der Waals surface area (Å²) in [4.78, 5) is 15.3. The van der Waals surface area contributed by atoms with Crippen molar-refractivity contribution in [2.45, 2.75) is 12.8 Å². The molecule has 0 atom stereocenters. The Bertz CT molecular complexity index is 990. The number of hydrogen-bond donors (Lipinski definition) is 2. The quantitative estimate of drug-likeness (QED) is 0.560. The summed E-state index contributed by atoms with van der Waals surface area (Å²) in [5.74, 6) is -0.724. The van der Waals surface area contributed by atoms with E-state index in [1.54, 1.807) is 12.4 Å². The van der Waals surface area contributed by atoms with Crippen molar-refractivity contribution in [2.24, 2.45) is 5.16 Å². The summed E-state index contributed by atoms with van der Waals surface area (Å²) in [6.45, 7) is 0. The fourth-order valence-corrected chi connectivity index (χ4v) is 3.17. The maximum absolute atomic E-state index is 11.3. The highest BCUT2D eigenvalue weighted by atomic mass is 16.4. The third-order valence-electron chi connectivity index (χ3n) is 4.36. The zero-order valence-corrected chi connectivity index (χ0v) is 13.1. The molecule has 0 radical (unpaired) electrons. The molecule has 1 aliphatic rings. The molecule has 2 heterocycles. The van der Waals surface area contributed by atoms with Gasteiger partial charge in [0.15, 0.2) is 0 Å². The molecule has 0 aliphatic heterocycles. The first kappa shape index (κ1) is 15.1. The van der Waals surface area contributed by atoms with E-state index in [0.29, 0.717) is 23.5 Å². The van der Waals surface area contributed by atoms with Crippen molar-refractivity contribution in [2.75, 3.05) is 0 Å². The highest BCUT2D eigenvalue weighted by molar-refractivity contribution is 6.04. The number of benzene rings is 1. The van der Waals surface area contributed by atoms with E-state index in [4.69, 9.17) is 9.62 Å². The molecule has 2 N–H and O–H groups in total. The third kappa shape index (κ3) is 2.57. The van der Waals surface area contributed by atoms with E-state index in [9.17, 15) is 9.90 Å². The number of rotatable bonds is 3. The van der Waals surface area contributed by atoms with Gasteiger partial charge in [-0.25, -0.2) is 4.79 Å². The van der Waals surface area contributed by atoms with Crippen LogP contribution in [0.4, 0.5) is 0 Å². The van der Waals surface area contributed by atoms with Gasteiger partial charge in [0.2, 0.25) is 5.76 Å². The minimum atomic E-state index is -1.11. The first-order valence-corrected chi connectivity index (χ1v) is 7.79. The molecule has 4 rings (SSSR count). The van der Waals surface area contributed by atoms with Gasteiger partial charge in [-0.1, -0.05) is 17.3 Å². The number of aromatic carboxylic acids is 1. The largest absolute Gasteiger partial charge is 0.475 e. The number of pyridine rings is 1. The van der Waals surface area contributed by atoms with Crippen LogP contribution in [-0.2, 0) is 6.42 Å². The van der Waals surface area contributed by atoms with Crippen molar-refractivity contribution in [1.82, 2.24) is 4.98 Å². The minimum Gasteiger partial charge on any atom is -0.475 e. The number of carboxylic acids is 1. The Labute approximate surface area is 143 Å². The highest BCUT2D eigenvalue weighted by Gasteiger charge is 2.22. The number of carbonyl (C=O) groups is 1. The fraction of sp³-hybridized carbons (Fsp3) is 0.105. The van der Waals surface area contributed by atoms with Crippen molar-refractivity contribution in [3.05, 3.63) is 65.7 Å². The second-order valence-electron chi connectivity index (χ2n) is 5.81. The minimum absolute atomic E-state index is 0.111. The molecular weight excluding hydrogens is 320 g/mol. The van der Waals surface area contributed by atoms with Crippen LogP contribution in [0, 0.1) is 0 Å². The summed E-state index contributed by atoms with van der Waals surface area (Å²) in [7, 11) is 0. The summed E-state index contributed by atoms with van der Waals surface area (Å²) >= 11 is 0. The molecule has 124 valence electrons. The lowest BCUT2D eigenvalue weighted by Gasteiger charge is -2.06. The van der Waals surface area contributed by atoms with Crippen LogP contribution in [0.15, 0.2) is 58.4 Å². The Balaban J connectivity index is 1.87. The van der Waals surface area contributed by atoms with Gasteiger partial charge in [0.25, 0.3) is 0 Å². The molecule has 0 saturated heterocycles. The summed E-state index contributed by atoms with van der Waals surface area (Å²) in [5, 5.41) is 21.7. The first-order chi connectivity index (χ1) is 12.2. The molecule has 2 aromatic heterocycles.